The van der Waals surface area contributed by atoms with Crippen molar-refractivity contribution in [2.75, 3.05) is 23.7 Å². The number of amides is 3. The van der Waals surface area contributed by atoms with E-state index in [4.69, 9.17) is 0 Å². The Balaban J connectivity index is 1.23. The molecule has 2 heterocycles. The standard InChI is InChI=1S/C23H25N7O2/c31-22(17-7-5-13-29(15-17)23(32)25-18-8-2-1-3-9-18)24-19-10-4-6-16(14-19)21-26-27-28-30(21)20-11-12-20/h1-4,6,8-10,14,17,20H,5,7,11-13,15H2,(H,24,31)(H,25,32)/t17-/m1/s1. The summed E-state index contributed by atoms with van der Waals surface area (Å²) in [5, 5.41) is 18.0. The average Bonchev–Trinajstić information content (AvgIpc) is 3.56. The molecule has 1 aliphatic carbocycles. The van der Waals surface area contributed by atoms with Crippen molar-refractivity contribution < 1.29 is 9.59 Å². The fourth-order valence-corrected chi connectivity index (χ4v) is 4.03. The molecule has 9 nitrogen and oxygen atoms in total. The Bertz CT molecular complexity index is 1110. The molecule has 2 N–H and O–H groups in total. The Morgan fingerprint density at radius 2 is 1.75 bits per heavy atom. The molecule has 0 spiro atoms. The summed E-state index contributed by atoms with van der Waals surface area (Å²) in [4.78, 5) is 27.3. The average molecular weight is 432 g/mol. The van der Waals surface area contributed by atoms with E-state index in [1.807, 2.05) is 59.3 Å². The Labute approximate surface area is 185 Å². The van der Waals surface area contributed by atoms with E-state index in [0.29, 0.717) is 30.6 Å². The van der Waals surface area contributed by atoms with Crippen molar-refractivity contribution in [3.8, 4) is 11.4 Å². The molecule has 2 fully saturated rings. The number of piperidine rings is 1. The quantitative estimate of drug-likeness (QED) is 0.643. The van der Waals surface area contributed by atoms with Crippen molar-refractivity contribution in [1.29, 1.82) is 0 Å². The number of nitrogens with one attached hydrogen (secondary N) is 2. The molecule has 2 aromatic carbocycles. The van der Waals surface area contributed by atoms with E-state index in [9.17, 15) is 9.59 Å². The lowest BCUT2D eigenvalue weighted by Crippen LogP contribution is -2.45. The molecule has 164 valence electrons. The smallest absolute Gasteiger partial charge is 0.321 e. The number of likely N-dealkylation sites (tertiary alicyclic amines) is 1. The van der Waals surface area contributed by atoms with Crippen molar-refractivity contribution >= 4 is 23.3 Å². The minimum absolute atomic E-state index is 0.0823. The molecule has 0 unspecified atom stereocenters. The topological polar surface area (TPSA) is 105 Å². The largest absolute Gasteiger partial charge is 0.326 e. The highest BCUT2D eigenvalue weighted by molar-refractivity contribution is 5.94. The van der Waals surface area contributed by atoms with E-state index >= 15 is 0 Å². The number of para-hydroxylation sites is 1. The molecule has 0 radical (unpaired) electrons. The van der Waals surface area contributed by atoms with Gasteiger partial charge in [0.15, 0.2) is 5.82 Å². The van der Waals surface area contributed by atoms with Gasteiger partial charge in [-0.25, -0.2) is 9.48 Å². The molecule has 1 aliphatic heterocycles. The summed E-state index contributed by atoms with van der Waals surface area (Å²) in [5.74, 6) is 0.372. The van der Waals surface area contributed by atoms with Gasteiger partial charge in [-0.3, -0.25) is 4.79 Å². The van der Waals surface area contributed by atoms with E-state index in [0.717, 1.165) is 36.9 Å². The second kappa shape index (κ2) is 8.78. The van der Waals surface area contributed by atoms with Crippen molar-refractivity contribution in [3.05, 3.63) is 54.6 Å². The number of carbonyl (C=O) groups is 2. The maximum Gasteiger partial charge on any atom is 0.321 e. The Kier molecular flexibility index (Phi) is 5.53. The number of nitrogens with zero attached hydrogens (tertiary/aromatic N) is 5. The summed E-state index contributed by atoms with van der Waals surface area (Å²) in [7, 11) is 0. The zero-order valence-corrected chi connectivity index (χ0v) is 17.6. The fraction of sp³-hybridized carbons (Fsp3) is 0.348. The van der Waals surface area contributed by atoms with Crippen molar-refractivity contribution in [2.45, 2.75) is 31.7 Å². The number of rotatable bonds is 5. The number of aromatic nitrogens is 4. The Morgan fingerprint density at radius 3 is 2.56 bits per heavy atom. The lowest BCUT2D eigenvalue weighted by atomic mass is 9.97. The molecule has 3 aromatic rings. The van der Waals surface area contributed by atoms with Crippen molar-refractivity contribution in [2.24, 2.45) is 5.92 Å². The third kappa shape index (κ3) is 4.46. The normalized spacial score (nSPS) is 18.2. The van der Waals surface area contributed by atoms with Crippen LogP contribution in [0.2, 0.25) is 0 Å². The molecular formula is C23H25N7O2. The number of tetrazole rings is 1. The minimum Gasteiger partial charge on any atom is -0.326 e. The number of benzene rings is 2. The number of hydrogen-bond donors (Lipinski definition) is 2. The highest BCUT2D eigenvalue weighted by atomic mass is 16.2. The molecule has 0 bridgehead atoms. The van der Waals surface area contributed by atoms with Gasteiger partial charge in [0.05, 0.1) is 12.0 Å². The van der Waals surface area contributed by atoms with Crippen LogP contribution in [-0.2, 0) is 4.79 Å². The molecule has 5 rings (SSSR count). The van der Waals surface area contributed by atoms with Crippen LogP contribution in [0.5, 0.6) is 0 Å². The first-order valence-corrected chi connectivity index (χ1v) is 11.0. The maximum absolute atomic E-state index is 13.0. The summed E-state index contributed by atoms with van der Waals surface area (Å²) in [6.07, 6.45) is 3.71. The summed E-state index contributed by atoms with van der Waals surface area (Å²) < 4.78 is 1.85. The van der Waals surface area contributed by atoms with E-state index in [1.165, 1.54) is 0 Å². The first-order valence-electron chi connectivity index (χ1n) is 11.0. The number of anilines is 2. The number of carbonyl (C=O) groups excluding carboxylic acids is 2. The second-order valence-electron chi connectivity index (χ2n) is 8.33. The van der Waals surface area contributed by atoms with E-state index in [-0.39, 0.29) is 17.9 Å². The fourth-order valence-electron chi connectivity index (χ4n) is 4.03. The number of hydrogen-bond acceptors (Lipinski definition) is 5. The monoisotopic (exact) mass is 431 g/mol. The lowest BCUT2D eigenvalue weighted by Gasteiger charge is -2.32. The van der Waals surface area contributed by atoms with Gasteiger partial charge in [0.1, 0.15) is 0 Å². The highest BCUT2D eigenvalue weighted by Gasteiger charge is 2.30. The molecule has 9 heteroatoms. The van der Waals surface area contributed by atoms with E-state index < -0.39 is 0 Å². The third-order valence-electron chi connectivity index (χ3n) is 5.88. The van der Waals surface area contributed by atoms with Gasteiger partial charge in [-0.15, -0.1) is 5.10 Å². The predicted octanol–water partition coefficient (Wildman–Crippen LogP) is 3.56. The van der Waals surface area contributed by atoms with Crippen molar-refractivity contribution in [3.63, 3.8) is 0 Å². The van der Waals surface area contributed by atoms with Gasteiger partial charge >= 0.3 is 6.03 Å². The van der Waals surface area contributed by atoms with Crippen molar-refractivity contribution in [1.82, 2.24) is 25.1 Å². The molecule has 1 saturated heterocycles. The van der Waals surface area contributed by atoms with Gasteiger partial charge < -0.3 is 15.5 Å². The number of urea groups is 1. The van der Waals surface area contributed by atoms with Gasteiger partial charge in [0.25, 0.3) is 0 Å². The SMILES string of the molecule is O=C(Nc1cccc(-c2nnnn2C2CC2)c1)[C@@H]1CCCN(C(=O)Nc2ccccc2)C1. The van der Waals surface area contributed by atoms with Crippen LogP contribution in [0, 0.1) is 5.92 Å². The molecule has 32 heavy (non-hydrogen) atoms. The molecule has 1 saturated carbocycles. The van der Waals surface area contributed by atoms with Crippen LogP contribution >= 0.6 is 0 Å². The molecular weight excluding hydrogens is 406 g/mol. The van der Waals surface area contributed by atoms with Crippen LogP contribution in [0.4, 0.5) is 16.2 Å². The zero-order valence-electron chi connectivity index (χ0n) is 17.6. The van der Waals surface area contributed by atoms with Gasteiger partial charge in [-0.1, -0.05) is 30.3 Å². The van der Waals surface area contributed by atoms with Crippen LogP contribution in [0.1, 0.15) is 31.7 Å². The van der Waals surface area contributed by atoms with Crippen LogP contribution in [0.25, 0.3) is 11.4 Å². The van der Waals surface area contributed by atoms with Crippen LogP contribution in [-0.4, -0.2) is 50.1 Å². The minimum atomic E-state index is -0.259. The lowest BCUT2D eigenvalue weighted by molar-refractivity contribution is -0.121. The Morgan fingerprint density at radius 1 is 0.938 bits per heavy atom. The van der Waals surface area contributed by atoms with Gasteiger partial charge in [-0.05, 0) is 60.4 Å². The molecule has 1 aromatic heterocycles. The van der Waals surface area contributed by atoms with Gasteiger partial charge in [0.2, 0.25) is 5.91 Å². The zero-order chi connectivity index (χ0) is 21.9. The summed E-state index contributed by atoms with van der Waals surface area (Å²) >= 11 is 0. The Hall–Kier alpha value is -3.75. The summed E-state index contributed by atoms with van der Waals surface area (Å²) in [5.41, 5.74) is 2.31. The predicted molar refractivity (Wildman–Crippen MR) is 120 cm³/mol. The molecule has 3 amide bonds. The van der Waals surface area contributed by atoms with E-state index in [1.54, 1.807) is 4.90 Å². The van der Waals surface area contributed by atoms with Gasteiger partial charge in [0, 0.05) is 30.0 Å². The first kappa shape index (κ1) is 20.2. The molecule has 2 aliphatic rings. The second-order valence-corrected chi connectivity index (χ2v) is 8.33. The van der Waals surface area contributed by atoms with Gasteiger partial charge in [-0.2, -0.15) is 0 Å². The highest BCUT2D eigenvalue weighted by Crippen LogP contribution is 2.36. The third-order valence-corrected chi connectivity index (χ3v) is 5.88. The van der Waals surface area contributed by atoms with E-state index in [2.05, 4.69) is 26.2 Å². The van der Waals surface area contributed by atoms with Crippen LogP contribution in [0.15, 0.2) is 54.6 Å². The summed E-state index contributed by atoms with van der Waals surface area (Å²) in [6.45, 7) is 1.03. The molecule has 1 atom stereocenters. The summed E-state index contributed by atoms with van der Waals surface area (Å²) in [6, 6.07) is 17.1. The van der Waals surface area contributed by atoms with Crippen LogP contribution < -0.4 is 10.6 Å². The van der Waals surface area contributed by atoms with Crippen LogP contribution in [0.3, 0.4) is 0 Å². The first-order chi connectivity index (χ1) is 15.7. The maximum atomic E-state index is 13.0.